The van der Waals surface area contributed by atoms with E-state index < -0.39 is 0 Å². The van der Waals surface area contributed by atoms with E-state index in [2.05, 4.69) is 70.2 Å². The summed E-state index contributed by atoms with van der Waals surface area (Å²) in [5.74, 6) is 0. The highest BCUT2D eigenvalue weighted by atomic mass is 32.1. The Labute approximate surface area is 182 Å². The van der Waals surface area contributed by atoms with Crippen LogP contribution in [0.5, 0.6) is 0 Å². The summed E-state index contributed by atoms with van der Waals surface area (Å²) in [4.78, 5) is 1.53. The summed E-state index contributed by atoms with van der Waals surface area (Å²) >= 11 is 1.96. The van der Waals surface area contributed by atoms with Crippen LogP contribution < -0.4 is 5.46 Å². The fourth-order valence-electron chi connectivity index (χ4n) is 5.16. The van der Waals surface area contributed by atoms with E-state index in [0.717, 1.165) is 5.46 Å². The standard InChI is InChI=1S/C26H27BO2S/c1-25(2)26(3,4)29-27(28-25)20-15-22-24(19-12-8-7-11-18(19)20)23-17-10-6-5-9-16(17)13-14-21(23)30-22/h6-8,10-12,15H,5,9,13-14H2,1-4H3. The van der Waals surface area contributed by atoms with E-state index in [-0.39, 0.29) is 18.3 Å². The lowest BCUT2D eigenvalue weighted by Gasteiger charge is -2.32. The van der Waals surface area contributed by atoms with E-state index in [1.807, 2.05) is 11.3 Å². The van der Waals surface area contributed by atoms with Gasteiger partial charge in [0.15, 0.2) is 0 Å². The molecule has 2 nitrogen and oxygen atoms in total. The lowest BCUT2D eigenvalue weighted by Crippen LogP contribution is -2.41. The van der Waals surface area contributed by atoms with Gasteiger partial charge in [0.2, 0.25) is 0 Å². The third kappa shape index (κ3) is 2.57. The molecule has 2 aliphatic carbocycles. The molecule has 3 aromatic rings. The average molecular weight is 414 g/mol. The fourth-order valence-corrected chi connectivity index (χ4v) is 6.44. The first-order chi connectivity index (χ1) is 14.4. The zero-order chi connectivity index (χ0) is 20.7. The highest BCUT2D eigenvalue weighted by Gasteiger charge is 2.52. The van der Waals surface area contributed by atoms with Crippen molar-refractivity contribution in [2.75, 3.05) is 0 Å². The Kier molecular flexibility index (Phi) is 3.97. The normalized spacial score (nSPS) is 22.1. The molecule has 152 valence electrons. The Morgan fingerprint density at radius 1 is 0.933 bits per heavy atom. The molecule has 2 aromatic carbocycles. The van der Waals surface area contributed by atoms with E-state index in [0.29, 0.717) is 0 Å². The predicted octanol–water partition coefficient (Wildman–Crippen LogP) is 6.40. The van der Waals surface area contributed by atoms with Gasteiger partial charge in [0.1, 0.15) is 0 Å². The van der Waals surface area contributed by atoms with Gasteiger partial charge in [0.25, 0.3) is 0 Å². The van der Waals surface area contributed by atoms with Crippen LogP contribution in [0.25, 0.3) is 26.4 Å². The van der Waals surface area contributed by atoms with Gasteiger partial charge in [-0.05, 0) is 81.3 Å². The molecule has 0 bridgehead atoms. The molecule has 1 aliphatic heterocycles. The number of thiophene rings is 1. The summed E-state index contributed by atoms with van der Waals surface area (Å²) in [6.07, 6.45) is 9.50. The zero-order valence-corrected chi connectivity index (χ0v) is 19.0. The quantitative estimate of drug-likeness (QED) is 0.429. The molecule has 0 spiro atoms. The summed E-state index contributed by atoms with van der Waals surface area (Å²) in [6, 6.07) is 11.1. The molecule has 0 atom stereocenters. The highest BCUT2D eigenvalue weighted by Crippen LogP contribution is 2.47. The lowest BCUT2D eigenvalue weighted by molar-refractivity contribution is 0.00578. The maximum absolute atomic E-state index is 6.46. The van der Waals surface area contributed by atoms with Crippen LogP contribution in [0.4, 0.5) is 0 Å². The minimum atomic E-state index is -0.340. The summed E-state index contributed by atoms with van der Waals surface area (Å²) in [7, 11) is -0.340. The summed E-state index contributed by atoms with van der Waals surface area (Å²) in [5, 5.41) is 3.99. The summed E-state index contributed by atoms with van der Waals surface area (Å²) in [5.41, 5.74) is 5.10. The van der Waals surface area contributed by atoms with Crippen LogP contribution in [-0.2, 0) is 15.7 Å². The maximum atomic E-state index is 6.46. The second-order valence-electron chi connectivity index (χ2n) is 9.83. The van der Waals surface area contributed by atoms with Gasteiger partial charge in [0, 0.05) is 20.5 Å². The first kappa shape index (κ1) is 18.9. The molecule has 2 heterocycles. The SMILES string of the molecule is CC1(C)OB(c2cc3sc4c(c3c3ccccc23)C2=C(CCC=C2)CC4)OC1(C)C. The first-order valence-corrected chi connectivity index (χ1v) is 11.9. The van der Waals surface area contributed by atoms with Crippen LogP contribution in [0.2, 0.25) is 0 Å². The molecule has 4 heteroatoms. The Morgan fingerprint density at radius 2 is 1.67 bits per heavy atom. The number of rotatable bonds is 1. The highest BCUT2D eigenvalue weighted by molar-refractivity contribution is 7.19. The van der Waals surface area contributed by atoms with Gasteiger partial charge in [-0.1, -0.05) is 42.0 Å². The van der Waals surface area contributed by atoms with Gasteiger partial charge in [-0.3, -0.25) is 0 Å². The molecule has 0 radical (unpaired) electrons. The smallest absolute Gasteiger partial charge is 0.399 e. The third-order valence-electron chi connectivity index (χ3n) is 7.51. The van der Waals surface area contributed by atoms with Crippen molar-refractivity contribution in [2.45, 2.75) is 64.6 Å². The van der Waals surface area contributed by atoms with Gasteiger partial charge in [0.05, 0.1) is 11.2 Å². The average Bonchev–Trinajstić information content (AvgIpc) is 3.21. The van der Waals surface area contributed by atoms with E-state index in [1.165, 1.54) is 62.6 Å². The molecule has 6 rings (SSSR count). The first-order valence-electron chi connectivity index (χ1n) is 11.1. The molecule has 0 amide bonds. The number of aryl methyl sites for hydroxylation is 1. The van der Waals surface area contributed by atoms with Crippen LogP contribution in [0.1, 0.15) is 57.4 Å². The van der Waals surface area contributed by atoms with Gasteiger partial charge in [-0.25, -0.2) is 0 Å². The Bertz CT molecular complexity index is 1250. The predicted molar refractivity (Wildman–Crippen MR) is 129 cm³/mol. The molecule has 0 saturated carbocycles. The molecule has 30 heavy (non-hydrogen) atoms. The number of hydrogen-bond donors (Lipinski definition) is 0. The topological polar surface area (TPSA) is 18.5 Å². The number of fused-ring (bicyclic) bond motifs is 6. The van der Waals surface area contributed by atoms with Crippen LogP contribution in [-0.4, -0.2) is 18.3 Å². The zero-order valence-electron chi connectivity index (χ0n) is 18.2. The molecule has 1 aromatic heterocycles. The van der Waals surface area contributed by atoms with Crippen molar-refractivity contribution in [3.63, 3.8) is 0 Å². The van der Waals surface area contributed by atoms with Gasteiger partial charge in [-0.2, -0.15) is 0 Å². The summed E-state index contributed by atoms with van der Waals surface area (Å²) < 4.78 is 14.3. The second-order valence-corrected chi connectivity index (χ2v) is 11.0. The lowest BCUT2D eigenvalue weighted by atomic mass is 9.74. The van der Waals surface area contributed by atoms with E-state index in [4.69, 9.17) is 9.31 Å². The van der Waals surface area contributed by atoms with Crippen LogP contribution in [0.15, 0.2) is 48.1 Å². The minimum Gasteiger partial charge on any atom is -0.399 e. The monoisotopic (exact) mass is 414 g/mol. The van der Waals surface area contributed by atoms with Crippen molar-refractivity contribution in [1.82, 2.24) is 0 Å². The molecule has 0 unspecified atom stereocenters. The van der Waals surface area contributed by atoms with Crippen molar-refractivity contribution >= 4 is 50.3 Å². The van der Waals surface area contributed by atoms with Crippen molar-refractivity contribution in [3.8, 4) is 0 Å². The molecule has 1 fully saturated rings. The Balaban J connectivity index is 1.62. The Morgan fingerprint density at radius 3 is 2.43 bits per heavy atom. The molecular formula is C26H27BO2S. The third-order valence-corrected chi connectivity index (χ3v) is 8.71. The maximum Gasteiger partial charge on any atom is 0.495 e. The van der Waals surface area contributed by atoms with Gasteiger partial charge >= 0.3 is 7.12 Å². The molecular weight excluding hydrogens is 387 g/mol. The van der Waals surface area contributed by atoms with Crippen LogP contribution >= 0.6 is 11.3 Å². The Hall–Kier alpha value is -1.88. The van der Waals surface area contributed by atoms with Crippen molar-refractivity contribution in [2.24, 2.45) is 0 Å². The number of hydrogen-bond acceptors (Lipinski definition) is 3. The largest absolute Gasteiger partial charge is 0.495 e. The van der Waals surface area contributed by atoms with Crippen molar-refractivity contribution in [1.29, 1.82) is 0 Å². The minimum absolute atomic E-state index is 0.338. The molecule has 1 saturated heterocycles. The van der Waals surface area contributed by atoms with Gasteiger partial charge in [-0.15, -0.1) is 11.3 Å². The van der Waals surface area contributed by atoms with E-state index >= 15 is 0 Å². The van der Waals surface area contributed by atoms with Crippen molar-refractivity contribution < 1.29 is 9.31 Å². The van der Waals surface area contributed by atoms with Gasteiger partial charge < -0.3 is 9.31 Å². The van der Waals surface area contributed by atoms with Crippen LogP contribution in [0, 0.1) is 0 Å². The molecule has 0 N–H and O–H groups in total. The molecule has 3 aliphatic rings. The number of allylic oxidation sites excluding steroid dienone is 4. The van der Waals surface area contributed by atoms with E-state index in [9.17, 15) is 0 Å². The van der Waals surface area contributed by atoms with E-state index in [1.54, 1.807) is 5.57 Å². The number of benzene rings is 2. The second kappa shape index (κ2) is 6.32. The van der Waals surface area contributed by atoms with Crippen LogP contribution in [0.3, 0.4) is 0 Å². The van der Waals surface area contributed by atoms with Crippen molar-refractivity contribution in [3.05, 3.63) is 58.5 Å². The summed E-state index contributed by atoms with van der Waals surface area (Å²) in [6.45, 7) is 8.50. The fraction of sp³-hybridized carbons (Fsp3) is 0.385.